The molecule has 1 heterocycles. The molecule has 1 aromatic rings. The normalized spacial score (nSPS) is 12.7. The summed E-state index contributed by atoms with van der Waals surface area (Å²) < 4.78 is 1.03. The number of aromatic nitrogens is 1. The number of halogens is 1. The van der Waals surface area contributed by atoms with Gasteiger partial charge in [0.15, 0.2) is 0 Å². The summed E-state index contributed by atoms with van der Waals surface area (Å²) in [5, 5.41) is 3.50. The zero-order chi connectivity index (χ0) is 14.3. The molecule has 108 valence electrons. The third-order valence-corrected chi connectivity index (χ3v) is 3.87. The van der Waals surface area contributed by atoms with Gasteiger partial charge < -0.3 is 10.2 Å². The topological polar surface area (TPSA) is 28.2 Å². The van der Waals surface area contributed by atoms with Crippen molar-refractivity contribution in [1.82, 2.24) is 9.88 Å². The van der Waals surface area contributed by atoms with E-state index in [1.165, 1.54) is 24.9 Å². The van der Waals surface area contributed by atoms with Gasteiger partial charge in [-0.2, -0.15) is 0 Å². The summed E-state index contributed by atoms with van der Waals surface area (Å²) in [6, 6.07) is 2.56. The van der Waals surface area contributed by atoms with Gasteiger partial charge in [0.2, 0.25) is 0 Å². The van der Waals surface area contributed by atoms with E-state index in [1.807, 2.05) is 6.20 Å². The zero-order valence-electron chi connectivity index (χ0n) is 12.5. The fraction of sp³-hybridized carbons (Fsp3) is 0.667. The van der Waals surface area contributed by atoms with Crippen LogP contribution in [0.2, 0.25) is 0 Å². The van der Waals surface area contributed by atoms with Gasteiger partial charge in [0.25, 0.3) is 0 Å². The number of pyridine rings is 1. The van der Waals surface area contributed by atoms with Crippen molar-refractivity contribution in [1.29, 1.82) is 0 Å². The SMILES string of the molecule is CCN(CC)CCCC(C)Nc1ncc(Br)cc1C. The summed E-state index contributed by atoms with van der Waals surface area (Å²) in [5.74, 6) is 0.999. The fourth-order valence-corrected chi connectivity index (χ4v) is 2.60. The van der Waals surface area contributed by atoms with Gasteiger partial charge in [0.05, 0.1) is 0 Å². The van der Waals surface area contributed by atoms with Gasteiger partial charge in [-0.25, -0.2) is 4.98 Å². The minimum Gasteiger partial charge on any atom is -0.367 e. The minimum absolute atomic E-state index is 0.461. The summed E-state index contributed by atoms with van der Waals surface area (Å²) in [7, 11) is 0. The van der Waals surface area contributed by atoms with E-state index in [2.05, 4.69) is 64.9 Å². The van der Waals surface area contributed by atoms with E-state index in [-0.39, 0.29) is 0 Å². The Kier molecular flexibility index (Phi) is 7.39. The Morgan fingerprint density at radius 1 is 1.37 bits per heavy atom. The number of hydrogen-bond acceptors (Lipinski definition) is 3. The van der Waals surface area contributed by atoms with Crippen LogP contribution in [0.25, 0.3) is 0 Å². The molecule has 0 aliphatic heterocycles. The first-order valence-electron chi connectivity index (χ1n) is 7.17. The Bertz CT molecular complexity index is 378. The van der Waals surface area contributed by atoms with Crippen molar-refractivity contribution in [2.75, 3.05) is 25.0 Å². The predicted octanol–water partition coefficient (Wildman–Crippen LogP) is 4.07. The molecule has 0 radical (unpaired) electrons. The van der Waals surface area contributed by atoms with Gasteiger partial charge >= 0.3 is 0 Å². The Hall–Kier alpha value is -0.610. The molecule has 0 aliphatic rings. The second-order valence-corrected chi connectivity index (χ2v) is 5.95. The van der Waals surface area contributed by atoms with Crippen molar-refractivity contribution in [2.24, 2.45) is 0 Å². The standard InChI is InChI=1S/C15H26BrN3/c1-5-19(6-2)9-7-8-13(4)18-15-12(3)10-14(16)11-17-15/h10-11,13H,5-9H2,1-4H3,(H,17,18). The Balaban J connectivity index is 2.36. The molecule has 1 unspecified atom stereocenters. The van der Waals surface area contributed by atoms with Crippen LogP contribution in [0.1, 0.15) is 39.2 Å². The molecule has 0 saturated heterocycles. The third kappa shape index (κ3) is 5.91. The van der Waals surface area contributed by atoms with E-state index in [0.717, 1.165) is 23.4 Å². The highest BCUT2D eigenvalue weighted by Gasteiger charge is 2.07. The van der Waals surface area contributed by atoms with Crippen LogP contribution >= 0.6 is 15.9 Å². The first-order chi connectivity index (χ1) is 9.06. The Morgan fingerprint density at radius 2 is 2.05 bits per heavy atom. The second kappa shape index (κ2) is 8.54. The van der Waals surface area contributed by atoms with E-state index in [0.29, 0.717) is 6.04 Å². The summed E-state index contributed by atoms with van der Waals surface area (Å²) in [6.07, 6.45) is 4.25. The minimum atomic E-state index is 0.461. The molecule has 1 aromatic heterocycles. The third-order valence-electron chi connectivity index (χ3n) is 3.43. The molecule has 0 aromatic carbocycles. The lowest BCUT2D eigenvalue weighted by molar-refractivity contribution is 0.295. The smallest absolute Gasteiger partial charge is 0.129 e. The number of rotatable bonds is 8. The monoisotopic (exact) mass is 327 g/mol. The van der Waals surface area contributed by atoms with Crippen LogP contribution < -0.4 is 5.32 Å². The van der Waals surface area contributed by atoms with Crippen LogP contribution in [-0.2, 0) is 0 Å². The fourth-order valence-electron chi connectivity index (χ4n) is 2.16. The van der Waals surface area contributed by atoms with Crippen LogP contribution in [-0.4, -0.2) is 35.6 Å². The zero-order valence-corrected chi connectivity index (χ0v) is 14.1. The largest absolute Gasteiger partial charge is 0.367 e. The molecule has 1 N–H and O–H groups in total. The van der Waals surface area contributed by atoms with Gasteiger partial charge in [0.1, 0.15) is 5.82 Å². The molecular formula is C15H26BrN3. The molecule has 19 heavy (non-hydrogen) atoms. The van der Waals surface area contributed by atoms with Crippen molar-refractivity contribution < 1.29 is 0 Å². The molecule has 3 nitrogen and oxygen atoms in total. The van der Waals surface area contributed by atoms with Crippen LogP contribution in [0.5, 0.6) is 0 Å². The van der Waals surface area contributed by atoms with Gasteiger partial charge in [-0.15, -0.1) is 0 Å². The lowest BCUT2D eigenvalue weighted by Gasteiger charge is -2.20. The van der Waals surface area contributed by atoms with E-state index in [4.69, 9.17) is 0 Å². The van der Waals surface area contributed by atoms with Crippen LogP contribution in [0.15, 0.2) is 16.7 Å². The highest BCUT2D eigenvalue weighted by Crippen LogP contribution is 2.18. The molecular weight excluding hydrogens is 302 g/mol. The second-order valence-electron chi connectivity index (χ2n) is 5.03. The number of aryl methyl sites for hydroxylation is 1. The van der Waals surface area contributed by atoms with Crippen LogP contribution in [0, 0.1) is 6.92 Å². The summed E-state index contributed by atoms with van der Waals surface area (Å²) in [6.45, 7) is 12.2. The lowest BCUT2D eigenvalue weighted by atomic mass is 10.1. The molecule has 0 spiro atoms. The first kappa shape index (κ1) is 16.4. The van der Waals surface area contributed by atoms with E-state index in [1.54, 1.807) is 0 Å². The predicted molar refractivity (Wildman–Crippen MR) is 86.8 cm³/mol. The first-order valence-corrected chi connectivity index (χ1v) is 7.97. The average molecular weight is 328 g/mol. The van der Waals surface area contributed by atoms with Gasteiger partial charge in [-0.1, -0.05) is 13.8 Å². The molecule has 0 fully saturated rings. The maximum Gasteiger partial charge on any atom is 0.129 e. The Labute approximate surface area is 125 Å². The molecule has 4 heteroatoms. The maximum atomic E-state index is 4.42. The number of anilines is 1. The van der Waals surface area contributed by atoms with Gasteiger partial charge in [0, 0.05) is 16.7 Å². The van der Waals surface area contributed by atoms with Crippen molar-refractivity contribution in [3.05, 3.63) is 22.3 Å². The molecule has 0 amide bonds. The number of hydrogen-bond donors (Lipinski definition) is 1. The van der Waals surface area contributed by atoms with Gasteiger partial charge in [-0.05, 0) is 73.9 Å². The molecule has 0 aliphatic carbocycles. The summed E-state index contributed by atoms with van der Waals surface area (Å²) >= 11 is 3.44. The van der Waals surface area contributed by atoms with Crippen molar-refractivity contribution in [3.8, 4) is 0 Å². The lowest BCUT2D eigenvalue weighted by Crippen LogP contribution is -2.25. The van der Waals surface area contributed by atoms with Crippen molar-refractivity contribution in [2.45, 2.75) is 46.6 Å². The highest BCUT2D eigenvalue weighted by atomic mass is 79.9. The van der Waals surface area contributed by atoms with E-state index < -0.39 is 0 Å². The average Bonchev–Trinajstić information content (AvgIpc) is 2.38. The van der Waals surface area contributed by atoms with E-state index >= 15 is 0 Å². The summed E-state index contributed by atoms with van der Waals surface area (Å²) in [5.41, 5.74) is 1.19. The highest BCUT2D eigenvalue weighted by molar-refractivity contribution is 9.10. The van der Waals surface area contributed by atoms with Gasteiger partial charge in [-0.3, -0.25) is 0 Å². The number of nitrogens with zero attached hydrogens (tertiary/aromatic N) is 2. The van der Waals surface area contributed by atoms with Crippen molar-refractivity contribution >= 4 is 21.7 Å². The maximum absolute atomic E-state index is 4.42. The molecule has 0 saturated carbocycles. The van der Waals surface area contributed by atoms with Crippen molar-refractivity contribution in [3.63, 3.8) is 0 Å². The van der Waals surface area contributed by atoms with Crippen LogP contribution in [0.4, 0.5) is 5.82 Å². The molecule has 0 bridgehead atoms. The number of nitrogens with one attached hydrogen (secondary N) is 1. The van der Waals surface area contributed by atoms with E-state index in [9.17, 15) is 0 Å². The Morgan fingerprint density at radius 3 is 2.63 bits per heavy atom. The molecule has 1 rings (SSSR count). The quantitative estimate of drug-likeness (QED) is 0.779. The van der Waals surface area contributed by atoms with Crippen LogP contribution in [0.3, 0.4) is 0 Å². The summed E-state index contributed by atoms with van der Waals surface area (Å²) in [4.78, 5) is 6.89. The molecule has 1 atom stereocenters.